The maximum Gasteiger partial charge on any atom is 0.263 e. The van der Waals surface area contributed by atoms with E-state index >= 15 is 0 Å². The highest BCUT2D eigenvalue weighted by Gasteiger charge is 2.16. The summed E-state index contributed by atoms with van der Waals surface area (Å²) in [5, 5.41) is 6.76. The third kappa shape index (κ3) is 4.30. The van der Waals surface area contributed by atoms with Crippen molar-refractivity contribution in [2.75, 3.05) is 11.9 Å². The second-order valence-electron chi connectivity index (χ2n) is 6.29. The third-order valence-corrected chi connectivity index (χ3v) is 4.22. The number of pyridine rings is 1. The quantitative estimate of drug-likeness (QED) is 0.536. The SMILES string of the molecule is Cc1ccccc1-c1noc(-c2ccccc2OCC(=O)Nc2ccccn2)n1. The molecule has 0 unspecified atom stereocenters. The topological polar surface area (TPSA) is 90.1 Å². The van der Waals surface area contributed by atoms with Gasteiger partial charge in [-0.2, -0.15) is 4.98 Å². The molecule has 1 amide bonds. The molecule has 0 spiro atoms. The first-order valence-electron chi connectivity index (χ1n) is 9.03. The zero-order valence-corrected chi connectivity index (χ0v) is 15.7. The van der Waals surface area contributed by atoms with E-state index in [1.54, 1.807) is 36.5 Å². The number of anilines is 1. The fraction of sp³-hybridized carbons (Fsp3) is 0.0909. The molecule has 0 aliphatic rings. The highest BCUT2D eigenvalue weighted by molar-refractivity contribution is 5.91. The molecule has 4 aromatic rings. The van der Waals surface area contributed by atoms with Crippen molar-refractivity contribution >= 4 is 11.7 Å². The lowest BCUT2D eigenvalue weighted by atomic mass is 10.1. The van der Waals surface area contributed by atoms with Crippen LogP contribution in [-0.4, -0.2) is 27.6 Å². The summed E-state index contributed by atoms with van der Waals surface area (Å²) in [6.07, 6.45) is 1.60. The smallest absolute Gasteiger partial charge is 0.263 e. The van der Waals surface area contributed by atoms with Gasteiger partial charge in [0.05, 0.1) is 5.56 Å². The van der Waals surface area contributed by atoms with Crippen molar-refractivity contribution in [2.45, 2.75) is 6.92 Å². The lowest BCUT2D eigenvalue weighted by Crippen LogP contribution is -2.20. The van der Waals surface area contributed by atoms with Gasteiger partial charge in [0, 0.05) is 11.8 Å². The average Bonchev–Trinajstić information content (AvgIpc) is 3.23. The van der Waals surface area contributed by atoms with Crippen LogP contribution in [0.25, 0.3) is 22.8 Å². The Labute approximate surface area is 167 Å². The summed E-state index contributed by atoms with van der Waals surface area (Å²) in [5.41, 5.74) is 2.57. The molecular weight excluding hydrogens is 368 g/mol. The second kappa shape index (κ2) is 8.35. The van der Waals surface area contributed by atoms with Gasteiger partial charge >= 0.3 is 0 Å². The molecule has 0 bridgehead atoms. The Morgan fingerprint density at radius 3 is 2.55 bits per heavy atom. The number of ether oxygens (including phenoxy) is 1. The minimum Gasteiger partial charge on any atom is -0.483 e. The molecular formula is C22H18N4O3. The maximum atomic E-state index is 12.1. The number of nitrogens with zero attached hydrogens (tertiary/aromatic N) is 3. The van der Waals surface area contributed by atoms with Gasteiger partial charge in [0.1, 0.15) is 11.6 Å². The Bertz CT molecular complexity index is 1130. The van der Waals surface area contributed by atoms with Gasteiger partial charge in [-0.05, 0) is 36.8 Å². The summed E-state index contributed by atoms with van der Waals surface area (Å²) in [6.45, 7) is 1.81. The van der Waals surface area contributed by atoms with Crippen LogP contribution < -0.4 is 10.1 Å². The Balaban J connectivity index is 1.50. The summed E-state index contributed by atoms with van der Waals surface area (Å²) in [4.78, 5) is 20.7. The van der Waals surface area contributed by atoms with Crippen molar-refractivity contribution in [1.82, 2.24) is 15.1 Å². The van der Waals surface area contributed by atoms with E-state index in [4.69, 9.17) is 9.26 Å². The van der Waals surface area contributed by atoms with Gasteiger partial charge in [-0.1, -0.05) is 47.6 Å². The second-order valence-corrected chi connectivity index (χ2v) is 6.29. The number of amides is 1. The average molecular weight is 386 g/mol. The molecule has 0 saturated heterocycles. The van der Waals surface area contributed by atoms with Crippen molar-refractivity contribution in [3.05, 3.63) is 78.5 Å². The molecule has 2 aromatic heterocycles. The number of benzene rings is 2. The number of para-hydroxylation sites is 1. The molecule has 144 valence electrons. The van der Waals surface area contributed by atoms with Crippen LogP contribution in [0.1, 0.15) is 5.56 Å². The molecule has 4 rings (SSSR count). The number of rotatable bonds is 6. The predicted molar refractivity (Wildman–Crippen MR) is 108 cm³/mol. The first-order chi connectivity index (χ1) is 14.2. The number of aryl methyl sites for hydroxylation is 1. The van der Waals surface area contributed by atoms with Crippen molar-refractivity contribution in [3.63, 3.8) is 0 Å². The van der Waals surface area contributed by atoms with E-state index in [1.165, 1.54) is 0 Å². The molecule has 0 aliphatic heterocycles. The van der Waals surface area contributed by atoms with Gasteiger partial charge < -0.3 is 14.6 Å². The van der Waals surface area contributed by atoms with Crippen LogP contribution in [0.4, 0.5) is 5.82 Å². The van der Waals surface area contributed by atoms with Gasteiger partial charge in [0.15, 0.2) is 6.61 Å². The van der Waals surface area contributed by atoms with Gasteiger partial charge in [-0.3, -0.25) is 4.79 Å². The van der Waals surface area contributed by atoms with Crippen LogP contribution in [-0.2, 0) is 4.79 Å². The van der Waals surface area contributed by atoms with Crippen LogP contribution in [0.15, 0.2) is 77.4 Å². The Hall–Kier alpha value is -4.00. The van der Waals surface area contributed by atoms with Gasteiger partial charge in [0.2, 0.25) is 5.82 Å². The largest absolute Gasteiger partial charge is 0.483 e. The Kier molecular flexibility index (Phi) is 5.29. The molecule has 0 atom stereocenters. The standard InChI is InChI=1S/C22H18N4O3/c1-15-8-2-3-9-16(15)21-25-22(29-26-21)17-10-4-5-11-18(17)28-14-20(27)24-19-12-6-7-13-23-19/h2-13H,14H2,1H3,(H,23,24,27). The minimum atomic E-state index is -0.315. The molecule has 0 aliphatic carbocycles. The monoisotopic (exact) mass is 386 g/mol. The molecule has 0 saturated carbocycles. The van der Waals surface area contributed by atoms with E-state index in [1.807, 2.05) is 43.3 Å². The molecule has 7 heteroatoms. The number of hydrogen-bond donors (Lipinski definition) is 1. The first kappa shape index (κ1) is 18.4. The van der Waals surface area contributed by atoms with Gasteiger partial charge in [-0.15, -0.1) is 0 Å². The zero-order valence-electron chi connectivity index (χ0n) is 15.7. The number of carbonyl (C=O) groups excluding carboxylic acids is 1. The predicted octanol–water partition coefficient (Wildman–Crippen LogP) is 4.12. The summed E-state index contributed by atoms with van der Waals surface area (Å²) in [7, 11) is 0. The van der Waals surface area contributed by atoms with Crippen molar-refractivity contribution in [3.8, 4) is 28.6 Å². The van der Waals surface area contributed by atoms with Crippen LogP contribution >= 0.6 is 0 Å². The summed E-state index contributed by atoms with van der Waals surface area (Å²) < 4.78 is 11.1. The normalized spacial score (nSPS) is 10.5. The molecule has 1 N–H and O–H groups in total. The Morgan fingerprint density at radius 2 is 1.76 bits per heavy atom. The van der Waals surface area contributed by atoms with Crippen LogP contribution in [0.3, 0.4) is 0 Å². The number of aromatic nitrogens is 3. The van der Waals surface area contributed by atoms with Gasteiger partial charge in [0.25, 0.3) is 11.8 Å². The van der Waals surface area contributed by atoms with Crippen LogP contribution in [0, 0.1) is 6.92 Å². The molecule has 2 aromatic carbocycles. The van der Waals surface area contributed by atoms with E-state index < -0.39 is 0 Å². The van der Waals surface area contributed by atoms with Gasteiger partial charge in [-0.25, -0.2) is 4.98 Å². The summed E-state index contributed by atoms with van der Waals surface area (Å²) >= 11 is 0. The lowest BCUT2D eigenvalue weighted by molar-refractivity contribution is -0.118. The molecule has 2 heterocycles. The third-order valence-electron chi connectivity index (χ3n) is 4.22. The van der Waals surface area contributed by atoms with Crippen LogP contribution in [0.2, 0.25) is 0 Å². The summed E-state index contributed by atoms with van der Waals surface area (Å²) in [5.74, 6) is 1.45. The Morgan fingerprint density at radius 1 is 1.00 bits per heavy atom. The lowest BCUT2D eigenvalue weighted by Gasteiger charge is -2.09. The van der Waals surface area contributed by atoms with E-state index in [-0.39, 0.29) is 12.5 Å². The fourth-order valence-corrected chi connectivity index (χ4v) is 2.79. The van der Waals surface area contributed by atoms with Crippen LogP contribution in [0.5, 0.6) is 5.75 Å². The van der Waals surface area contributed by atoms with E-state index in [2.05, 4.69) is 20.4 Å². The number of carbonyl (C=O) groups is 1. The minimum absolute atomic E-state index is 0.174. The fourth-order valence-electron chi connectivity index (χ4n) is 2.79. The molecule has 7 nitrogen and oxygen atoms in total. The zero-order chi connectivity index (χ0) is 20.1. The van der Waals surface area contributed by atoms with Crippen molar-refractivity contribution in [2.24, 2.45) is 0 Å². The summed E-state index contributed by atoms with van der Waals surface area (Å²) in [6, 6.07) is 20.3. The van der Waals surface area contributed by atoms with Crippen molar-refractivity contribution < 1.29 is 14.1 Å². The van der Waals surface area contributed by atoms with E-state index in [0.29, 0.717) is 28.8 Å². The number of hydrogen-bond acceptors (Lipinski definition) is 6. The molecule has 29 heavy (non-hydrogen) atoms. The molecule has 0 radical (unpaired) electrons. The number of nitrogens with one attached hydrogen (secondary N) is 1. The first-order valence-corrected chi connectivity index (χ1v) is 9.03. The highest BCUT2D eigenvalue weighted by atomic mass is 16.5. The maximum absolute atomic E-state index is 12.1. The van der Waals surface area contributed by atoms with E-state index in [9.17, 15) is 4.79 Å². The molecule has 0 fully saturated rings. The highest BCUT2D eigenvalue weighted by Crippen LogP contribution is 2.30. The van der Waals surface area contributed by atoms with Crippen molar-refractivity contribution in [1.29, 1.82) is 0 Å². The van der Waals surface area contributed by atoms with E-state index in [0.717, 1.165) is 11.1 Å².